The minimum atomic E-state index is -0.717. The zero-order valence-electron chi connectivity index (χ0n) is 9.52. The van der Waals surface area contributed by atoms with Crippen LogP contribution in [0, 0.1) is 11.8 Å². The van der Waals surface area contributed by atoms with E-state index >= 15 is 0 Å². The minimum absolute atomic E-state index is 0.259. The molecule has 0 aromatic heterocycles. The summed E-state index contributed by atoms with van der Waals surface area (Å²) >= 11 is 0. The predicted molar refractivity (Wildman–Crippen MR) is 59.8 cm³/mol. The number of aliphatic carboxylic acids is 1. The lowest BCUT2D eigenvalue weighted by molar-refractivity contribution is -0.206. The standard InChI is InChI=1S/C12H20O4/c1-9(16-15)7-11-4-2-3-10(8-11)5-6-12(13)14/h10-11,15H,1-8H2,(H,13,14). The van der Waals surface area contributed by atoms with Crippen LogP contribution >= 0.6 is 0 Å². The van der Waals surface area contributed by atoms with Gasteiger partial charge in [-0.15, -0.1) is 0 Å². The molecule has 1 aliphatic carbocycles. The molecule has 2 unspecified atom stereocenters. The first-order valence-electron chi connectivity index (χ1n) is 5.82. The van der Waals surface area contributed by atoms with Crippen LogP contribution in [-0.2, 0) is 9.68 Å². The van der Waals surface area contributed by atoms with E-state index in [-0.39, 0.29) is 6.42 Å². The van der Waals surface area contributed by atoms with Crippen LogP contribution in [0.15, 0.2) is 12.3 Å². The van der Waals surface area contributed by atoms with Crippen LogP contribution in [-0.4, -0.2) is 16.3 Å². The third-order valence-corrected chi connectivity index (χ3v) is 3.30. The Bertz CT molecular complexity index is 249. The van der Waals surface area contributed by atoms with Crippen LogP contribution in [0.1, 0.15) is 44.9 Å². The third kappa shape index (κ3) is 4.66. The molecule has 4 heteroatoms. The molecule has 1 fully saturated rings. The van der Waals surface area contributed by atoms with Crippen molar-refractivity contribution in [1.29, 1.82) is 0 Å². The highest BCUT2D eigenvalue weighted by molar-refractivity contribution is 5.66. The second-order valence-electron chi connectivity index (χ2n) is 4.67. The SMILES string of the molecule is C=C(CC1CCCC(CCC(=O)O)C1)OO. The maximum absolute atomic E-state index is 10.5. The van der Waals surface area contributed by atoms with Gasteiger partial charge in [0.15, 0.2) is 0 Å². The van der Waals surface area contributed by atoms with E-state index in [0.717, 1.165) is 32.1 Å². The van der Waals surface area contributed by atoms with Gasteiger partial charge in [-0.25, -0.2) is 5.26 Å². The molecule has 0 aromatic carbocycles. The largest absolute Gasteiger partial charge is 0.481 e. The molecule has 16 heavy (non-hydrogen) atoms. The minimum Gasteiger partial charge on any atom is -0.481 e. The Morgan fingerprint density at radius 1 is 1.38 bits per heavy atom. The molecule has 0 spiro atoms. The Labute approximate surface area is 95.9 Å². The van der Waals surface area contributed by atoms with E-state index in [1.54, 1.807) is 0 Å². The van der Waals surface area contributed by atoms with Gasteiger partial charge < -0.3 is 9.99 Å². The maximum atomic E-state index is 10.5. The Balaban J connectivity index is 2.29. The maximum Gasteiger partial charge on any atom is 0.303 e. The van der Waals surface area contributed by atoms with Gasteiger partial charge in [0.1, 0.15) is 5.76 Å². The quantitative estimate of drug-likeness (QED) is 0.416. The van der Waals surface area contributed by atoms with Crippen molar-refractivity contribution in [2.24, 2.45) is 11.8 Å². The molecule has 1 rings (SSSR count). The highest BCUT2D eigenvalue weighted by Gasteiger charge is 2.23. The summed E-state index contributed by atoms with van der Waals surface area (Å²) in [5.41, 5.74) is 0. The van der Waals surface area contributed by atoms with E-state index in [9.17, 15) is 4.79 Å². The normalized spacial score (nSPS) is 25.1. The number of allylic oxidation sites excluding steroid dienone is 1. The zero-order chi connectivity index (χ0) is 12.0. The van der Waals surface area contributed by atoms with E-state index in [0.29, 0.717) is 24.0 Å². The number of carbonyl (C=O) groups is 1. The molecular weight excluding hydrogens is 208 g/mol. The predicted octanol–water partition coefficient (Wildman–Crippen LogP) is 3.05. The summed E-state index contributed by atoms with van der Waals surface area (Å²) in [4.78, 5) is 14.6. The van der Waals surface area contributed by atoms with Gasteiger partial charge in [-0.05, 0) is 31.1 Å². The van der Waals surface area contributed by atoms with Gasteiger partial charge in [-0.1, -0.05) is 19.4 Å². The summed E-state index contributed by atoms with van der Waals surface area (Å²) < 4.78 is 0. The van der Waals surface area contributed by atoms with E-state index in [1.807, 2.05) is 0 Å². The van der Waals surface area contributed by atoms with Gasteiger partial charge in [0.2, 0.25) is 0 Å². The van der Waals surface area contributed by atoms with Gasteiger partial charge in [0, 0.05) is 12.8 Å². The van der Waals surface area contributed by atoms with E-state index in [2.05, 4.69) is 11.5 Å². The third-order valence-electron chi connectivity index (χ3n) is 3.30. The molecule has 0 aliphatic heterocycles. The van der Waals surface area contributed by atoms with Crippen molar-refractivity contribution < 1.29 is 20.0 Å². The van der Waals surface area contributed by atoms with Gasteiger partial charge in [0.05, 0.1) is 0 Å². The number of carboxylic acid groups (broad SMARTS) is 1. The molecule has 0 saturated heterocycles. The average molecular weight is 228 g/mol. The van der Waals surface area contributed by atoms with Crippen LogP contribution in [0.3, 0.4) is 0 Å². The molecule has 0 aromatic rings. The number of hydrogen-bond donors (Lipinski definition) is 2. The van der Waals surface area contributed by atoms with E-state index in [4.69, 9.17) is 10.4 Å². The smallest absolute Gasteiger partial charge is 0.303 e. The molecule has 1 aliphatic rings. The first-order chi connectivity index (χ1) is 7.61. The van der Waals surface area contributed by atoms with E-state index < -0.39 is 5.97 Å². The lowest BCUT2D eigenvalue weighted by Crippen LogP contribution is -2.17. The summed E-state index contributed by atoms with van der Waals surface area (Å²) in [6.45, 7) is 3.60. The summed E-state index contributed by atoms with van der Waals surface area (Å²) in [6, 6.07) is 0. The average Bonchev–Trinajstić information content (AvgIpc) is 2.26. The van der Waals surface area contributed by atoms with Crippen molar-refractivity contribution in [2.75, 3.05) is 0 Å². The van der Waals surface area contributed by atoms with Crippen LogP contribution in [0.25, 0.3) is 0 Å². The second-order valence-corrected chi connectivity index (χ2v) is 4.67. The Morgan fingerprint density at radius 3 is 2.69 bits per heavy atom. The first-order valence-corrected chi connectivity index (χ1v) is 5.82. The summed E-state index contributed by atoms with van der Waals surface area (Å²) in [5, 5.41) is 17.1. The number of hydrogen-bond acceptors (Lipinski definition) is 3. The first kappa shape index (κ1) is 13.0. The highest BCUT2D eigenvalue weighted by atomic mass is 17.1. The van der Waals surface area contributed by atoms with E-state index in [1.165, 1.54) is 0 Å². The molecule has 0 amide bonds. The zero-order valence-corrected chi connectivity index (χ0v) is 9.52. The van der Waals surface area contributed by atoms with Crippen molar-refractivity contribution in [3.63, 3.8) is 0 Å². The molecule has 1 saturated carbocycles. The monoisotopic (exact) mass is 228 g/mol. The molecule has 2 atom stereocenters. The van der Waals surface area contributed by atoms with Gasteiger partial charge >= 0.3 is 5.97 Å². The molecule has 4 nitrogen and oxygen atoms in total. The molecule has 2 N–H and O–H groups in total. The van der Waals surface area contributed by atoms with Crippen LogP contribution < -0.4 is 0 Å². The van der Waals surface area contributed by atoms with Crippen LogP contribution in [0.2, 0.25) is 0 Å². The fourth-order valence-corrected chi connectivity index (χ4v) is 2.54. The van der Waals surface area contributed by atoms with Crippen molar-refractivity contribution in [2.45, 2.75) is 44.9 Å². The molecule has 92 valence electrons. The number of carboxylic acids is 1. The lowest BCUT2D eigenvalue weighted by Gasteiger charge is -2.28. The Morgan fingerprint density at radius 2 is 2.06 bits per heavy atom. The molecule has 0 bridgehead atoms. The summed E-state index contributed by atoms with van der Waals surface area (Å²) in [5.74, 6) is 0.669. The van der Waals surface area contributed by atoms with Crippen molar-refractivity contribution in [3.8, 4) is 0 Å². The fraction of sp³-hybridized carbons (Fsp3) is 0.750. The molecular formula is C12H20O4. The lowest BCUT2D eigenvalue weighted by atomic mass is 9.78. The highest BCUT2D eigenvalue weighted by Crippen LogP contribution is 2.34. The van der Waals surface area contributed by atoms with Crippen LogP contribution in [0.4, 0.5) is 0 Å². The molecule has 0 radical (unpaired) electrons. The summed E-state index contributed by atoms with van der Waals surface area (Å²) in [7, 11) is 0. The Hall–Kier alpha value is -1.03. The van der Waals surface area contributed by atoms with Gasteiger partial charge in [0.25, 0.3) is 0 Å². The number of rotatable bonds is 6. The van der Waals surface area contributed by atoms with Crippen molar-refractivity contribution in [3.05, 3.63) is 12.3 Å². The van der Waals surface area contributed by atoms with Crippen molar-refractivity contribution >= 4 is 5.97 Å². The summed E-state index contributed by atoms with van der Waals surface area (Å²) in [6.07, 6.45) is 6.10. The topological polar surface area (TPSA) is 66.8 Å². The van der Waals surface area contributed by atoms with Gasteiger partial charge in [-0.2, -0.15) is 0 Å². The Kier molecular flexibility index (Phi) is 5.32. The van der Waals surface area contributed by atoms with Crippen molar-refractivity contribution in [1.82, 2.24) is 0 Å². The van der Waals surface area contributed by atoms with Crippen LogP contribution in [0.5, 0.6) is 0 Å². The second kappa shape index (κ2) is 6.53. The van der Waals surface area contributed by atoms with Gasteiger partial charge in [-0.3, -0.25) is 4.79 Å². The molecule has 0 heterocycles. The fourth-order valence-electron chi connectivity index (χ4n) is 2.54.